The number of halogens is 2. The van der Waals surface area contributed by atoms with Crippen LogP contribution in [0.2, 0.25) is 0 Å². The molecule has 0 radical (unpaired) electrons. The van der Waals surface area contributed by atoms with Crippen LogP contribution in [0.3, 0.4) is 0 Å². The second-order valence-corrected chi connectivity index (χ2v) is 4.87. The lowest BCUT2D eigenvalue weighted by Crippen LogP contribution is -2.09. The van der Waals surface area contributed by atoms with E-state index in [9.17, 15) is 13.6 Å². The van der Waals surface area contributed by atoms with E-state index >= 15 is 0 Å². The lowest BCUT2D eigenvalue weighted by molar-refractivity contribution is 0.0697. The van der Waals surface area contributed by atoms with Crippen molar-refractivity contribution in [2.75, 3.05) is 5.32 Å². The highest BCUT2D eigenvalue weighted by Gasteiger charge is 2.12. The Bertz CT molecular complexity index is 686. The second kappa shape index (κ2) is 5.91. The molecular weight excluding hydrogens is 276 g/mol. The van der Waals surface area contributed by atoms with Crippen molar-refractivity contribution < 1.29 is 18.7 Å². The molecule has 1 atom stereocenters. The summed E-state index contributed by atoms with van der Waals surface area (Å²) in [5, 5.41) is 12.1. The smallest absolute Gasteiger partial charge is 0.335 e. The van der Waals surface area contributed by atoms with Crippen LogP contribution in [0.15, 0.2) is 36.4 Å². The molecule has 0 aromatic heterocycles. The number of hydrogen-bond donors (Lipinski definition) is 2. The molecule has 0 aliphatic heterocycles. The Hall–Kier alpha value is -2.43. The van der Waals surface area contributed by atoms with Gasteiger partial charge in [0.2, 0.25) is 0 Å². The van der Waals surface area contributed by atoms with Crippen molar-refractivity contribution in [3.8, 4) is 0 Å². The van der Waals surface area contributed by atoms with Crippen LogP contribution in [0.25, 0.3) is 0 Å². The van der Waals surface area contributed by atoms with Gasteiger partial charge in [-0.25, -0.2) is 13.6 Å². The number of rotatable bonds is 4. The first-order valence-electron chi connectivity index (χ1n) is 6.44. The molecule has 110 valence electrons. The van der Waals surface area contributed by atoms with Crippen LogP contribution in [0.1, 0.15) is 34.5 Å². The van der Waals surface area contributed by atoms with E-state index in [2.05, 4.69) is 5.32 Å². The van der Waals surface area contributed by atoms with Crippen molar-refractivity contribution in [2.45, 2.75) is 19.9 Å². The third-order valence-corrected chi connectivity index (χ3v) is 3.30. The SMILES string of the molecule is Cc1ccc(C(=O)O)cc1NC(C)c1ccc(F)c(F)c1. The minimum atomic E-state index is -1.02. The molecule has 0 spiro atoms. The van der Waals surface area contributed by atoms with Gasteiger partial charge in [0.1, 0.15) is 0 Å². The van der Waals surface area contributed by atoms with Crippen LogP contribution in [-0.2, 0) is 0 Å². The monoisotopic (exact) mass is 291 g/mol. The fourth-order valence-electron chi connectivity index (χ4n) is 2.01. The minimum Gasteiger partial charge on any atom is -0.478 e. The zero-order chi connectivity index (χ0) is 15.6. The molecule has 0 saturated carbocycles. The van der Waals surface area contributed by atoms with Gasteiger partial charge in [-0.1, -0.05) is 12.1 Å². The lowest BCUT2D eigenvalue weighted by atomic mass is 10.1. The van der Waals surface area contributed by atoms with E-state index < -0.39 is 17.6 Å². The van der Waals surface area contributed by atoms with Crippen molar-refractivity contribution in [3.63, 3.8) is 0 Å². The van der Waals surface area contributed by atoms with Gasteiger partial charge in [0.05, 0.1) is 5.56 Å². The van der Waals surface area contributed by atoms with E-state index in [1.54, 1.807) is 13.0 Å². The van der Waals surface area contributed by atoms with Crippen molar-refractivity contribution in [2.24, 2.45) is 0 Å². The van der Waals surface area contributed by atoms with E-state index in [0.29, 0.717) is 11.3 Å². The molecular formula is C16H15F2NO2. The summed E-state index contributed by atoms with van der Waals surface area (Å²) < 4.78 is 26.2. The fraction of sp³-hybridized carbons (Fsp3) is 0.188. The number of aryl methyl sites for hydroxylation is 1. The zero-order valence-electron chi connectivity index (χ0n) is 11.7. The molecule has 0 fully saturated rings. The molecule has 2 aromatic carbocycles. The first-order valence-corrected chi connectivity index (χ1v) is 6.44. The molecule has 1 unspecified atom stereocenters. The first kappa shape index (κ1) is 15.0. The largest absolute Gasteiger partial charge is 0.478 e. The molecule has 3 nitrogen and oxygen atoms in total. The predicted octanol–water partition coefficient (Wildman–Crippen LogP) is 4.14. The summed E-state index contributed by atoms with van der Waals surface area (Å²) in [6.45, 7) is 3.63. The van der Waals surface area contributed by atoms with Crippen LogP contribution in [0.5, 0.6) is 0 Å². The summed E-state index contributed by atoms with van der Waals surface area (Å²) in [5.41, 5.74) is 2.26. The van der Waals surface area contributed by atoms with Crippen LogP contribution in [0.4, 0.5) is 14.5 Å². The van der Waals surface area contributed by atoms with Gasteiger partial charge in [-0.15, -0.1) is 0 Å². The molecule has 0 bridgehead atoms. The topological polar surface area (TPSA) is 49.3 Å². The summed E-state index contributed by atoms with van der Waals surface area (Å²) in [4.78, 5) is 11.0. The maximum atomic E-state index is 13.2. The summed E-state index contributed by atoms with van der Waals surface area (Å²) in [7, 11) is 0. The van der Waals surface area contributed by atoms with Crippen molar-refractivity contribution in [3.05, 3.63) is 64.7 Å². The lowest BCUT2D eigenvalue weighted by Gasteiger charge is -2.18. The summed E-state index contributed by atoms with van der Waals surface area (Å²) in [6, 6.07) is 8.14. The number of hydrogen-bond acceptors (Lipinski definition) is 2. The summed E-state index contributed by atoms with van der Waals surface area (Å²) >= 11 is 0. The zero-order valence-corrected chi connectivity index (χ0v) is 11.7. The number of aromatic carboxylic acids is 1. The molecule has 0 heterocycles. The number of anilines is 1. The van der Waals surface area contributed by atoms with Gasteiger partial charge >= 0.3 is 5.97 Å². The van der Waals surface area contributed by atoms with Crippen molar-refractivity contribution in [1.29, 1.82) is 0 Å². The van der Waals surface area contributed by atoms with E-state index in [-0.39, 0.29) is 11.6 Å². The summed E-state index contributed by atoms with van der Waals surface area (Å²) in [5.74, 6) is -2.81. The van der Waals surface area contributed by atoms with E-state index in [0.717, 1.165) is 17.7 Å². The van der Waals surface area contributed by atoms with Gasteiger partial charge < -0.3 is 10.4 Å². The van der Waals surface area contributed by atoms with Crippen LogP contribution in [0, 0.1) is 18.6 Å². The molecule has 0 aliphatic rings. The highest BCUT2D eigenvalue weighted by Crippen LogP contribution is 2.24. The Balaban J connectivity index is 2.26. The van der Waals surface area contributed by atoms with Gasteiger partial charge in [-0.05, 0) is 49.2 Å². The average Bonchev–Trinajstić information content (AvgIpc) is 2.43. The Morgan fingerprint density at radius 1 is 1.14 bits per heavy atom. The maximum absolute atomic E-state index is 13.2. The third kappa shape index (κ3) is 3.37. The quantitative estimate of drug-likeness (QED) is 0.890. The van der Waals surface area contributed by atoms with Gasteiger partial charge in [-0.2, -0.15) is 0 Å². The van der Waals surface area contributed by atoms with Crippen LogP contribution >= 0.6 is 0 Å². The number of benzene rings is 2. The Labute approximate surface area is 121 Å². The van der Waals surface area contributed by atoms with Gasteiger partial charge in [0.25, 0.3) is 0 Å². The molecule has 5 heteroatoms. The molecule has 0 aliphatic carbocycles. The highest BCUT2D eigenvalue weighted by molar-refractivity contribution is 5.89. The first-order chi connectivity index (χ1) is 9.88. The molecule has 0 saturated heterocycles. The molecule has 2 rings (SSSR count). The average molecular weight is 291 g/mol. The van der Waals surface area contributed by atoms with Crippen LogP contribution in [-0.4, -0.2) is 11.1 Å². The Morgan fingerprint density at radius 3 is 2.48 bits per heavy atom. The predicted molar refractivity (Wildman–Crippen MR) is 76.5 cm³/mol. The van der Waals surface area contributed by atoms with Gasteiger partial charge in [-0.3, -0.25) is 0 Å². The van der Waals surface area contributed by atoms with Crippen LogP contribution < -0.4 is 5.32 Å². The molecule has 2 aromatic rings. The van der Waals surface area contributed by atoms with Gasteiger partial charge in [0.15, 0.2) is 11.6 Å². The molecule has 0 amide bonds. The Morgan fingerprint density at radius 2 is 1.86 bits per heavy atom. The third-order valence-electron chi connectivity index (χ3n) is 3.30. The number of carboxylic acid groups (broad SMARTS) is 1. The number of carboxylic acids is 1. The van der Waals surface area contributed by atoms with Gasteiger partial charge in [0, 0.05) is 11.7 Å². The second-order valence-electron chi connectivity index (χ2n) is 4.87. The normalized spacial score (nSPS) is 12.0. The maximum Gasteiger partial charge on any atom is 0.335 e. The number of nitrogens with one attached hydrogen (secondary N) is 1. The Kier molecular flexibility index (Phi) is 4.21. The molecule has 21 heavy (non-hydrogen) atoms. The minimum absolute atomic E-state index is 0.167. The van der Waals surface area contributed by atoms with E-state index in [1.165, 1.54) is 18.2 Å². The number of carbonyl (C=O) groups is 1. The highest BCUT2D eigenvalue weighted by atomic mass is 19.2. The standard InChI is InChI=1S/C16H15F2NO2/c1-9-3-4-12(16(20)21)8-15(9)19-10(2)11-5-6-13(17)14(18)7-11/h3-8,10,19H,1-2H3,(H,20,21). The molecule has 2 N–H and O–H groups in total. The fourth-order valence-corrected chi connectivity index (χ4v) is 2.01. The van der Waals surface area contributed by atoms with E-state index in [4.69, 9.17) is 5.11 Å². The van der Waals surface area contributed by atoms with E-state index in [1.807, 2.05) is 6.92 Å². The van der Waals surface area contributed by atoms with Crippen molar-refractivity contribution in [1.82, 2.24) is 0 Å². The summed E-state index contributed by atoms with van der Waals surface area (Å²) in [6.07, 6.45) is 0. The van der Waals surface area contributed by atoms with Crippen molar-refractivity contribution >= 4 is 11.7 Å².